The van der Waals surface area contributed by atoms with Crippen LogP contribution in [0.1, 0.15) is 54.6 Å². The van der Waals surface area contributed by atoms with Gasteiger partial charge in [-0.3, -0.25) is 9.69 Å². The van der Waals surface area contributed by atoms with Crippen LogP contribution in [0.5, 0.6) is 0 Å². The lowest BCUT2D eigenvalue weighted by atomic mass is 9.96. The average Bonchev–Trinajstić information content (AvgIpc) is 2.82. The largest absolute Gasteiger partial charge is 0.466 e. The smallest absolute Gasteiger partial charge is 0.416 e. The molecule has 33 heavy (non-hydrogen) atoms. The number of ether oxygens (including phenoxy) is 1. The molecule has 0 aliphatic rings. The number of alkyl halides is 3. The number of esters is 1. The lowest BCUT2D eigenvalue weighted by Crippen LogP contribution is -2.33. The highest BCUT2D eigenvalue weighted by molar-refractivity contribution is 5.70. The summed E-state index contributed by atoms with van der Waals surface area (Å²) in [5.74, 6) is -0.388. The number of nitrogens with zero attached hydrogens (tertiary/aromatic N) is 1. The van der Waals surface area contributed by atoms with Crippen LogP contribution in [-0.4, -0.2) is 17.5 Å². The second-order valence-corrected chi connectivity index (χ2v) is 7.89. The third-order valence-electron chi connectivity index (χ3n) is 5.68. The van der Waals surface area contributed by atoms with Gasteiger partial charge in [-0.25, -0.2) is 0 Å². The number of benzene rings is 3. The molecule has 0 spiro atoms. The minimum Gasteiger partial charge on any atom is -0.466 e. The number of hydrogen-bond acceptors (Lipinski definition) is 3. The molecule has 0 N–H and O–H groups in total. The Bertz CT molecular complexity index is 1010. The van der Waals surface area contributed by atoms with Crippen LogP contribution in [0.4, 0.5) is 13.2 Å². The van der Waals surface area contributed by atoms with Crippen molar-refractivity contribution >= 4 is 5.97 Å². The molecule has 3 nitrogen and oxygen atoms in total. The van der Waals surface area contributed by atoms with Crippen molar-refractivity contribution in [2.75, 3.05) is 6.61 Å². The lowest BCUT2D eigenvalue weighted by molar-refractivity contribution is -0.145. The first kappa shape index (κ1) is 24.5. The van der Waals surface area contributed by atoms with Crippen molar-refractivity contribution < 1.29 is 22.7 Å². The molecule has 2 atom stereocenters. The van der Waals surface area contributed by atoms with E-state index >= 15 is 0 Å². The molecule has 0 aliphatic heterocycles. The summed E-state index contributed by atoms with van der Waals surface area (Å²) in [4.78, 5) is 14.7. The summed E-state index contributed by atoms with van der Waals surface area (Å²) >= 11 is 0. The van der Waals surface area contributed by atoms with E-state index in [1.807, 2.05) is 67.6 Å². The Kier molecular flexibility index (Phi) is 8.28. The minimum atomic E-state index is -4.42. The molecule has 0 saturated carbocycles. The zero-order valence-electron chi connectivity index (χ0n) is 18.8. The lowest BCUT2D eigenvalue weighted by Gasteiger charge is -2.37. The molecule has 6 heteroatoms. The summed E-state index contributed by atoms with van der Waals surface area (Å²) in [7, 11) is 0. The molecule has 0 radical (unpaired) electrons. The van der Waals surface area contributed by atoms with Crippen molar-refractivity contribution in [1.29, 1.82) is 0 Å². The molecule has 0 bridgehead atoms. The first-order valence-corrected chi connectivity index (χ1v) is 11.0. The van der Waals surface area contributed by atoms with Crippen LogP contribution >= 0.6 is 0 Å². The topological polar surface area (TPSA) is 29.5 Å². The maximum atomic E-state index is 13.1. The van der Waals surface area contributed by atoms with Crippen molar-refractivity contribution in [1.82, 2.24) is 4.90 Å². The summed E-state index contributed by atoms with van der Waals surface area (Å²) < 4.78 is 44.6. The van der Waals surface area contributed by atoms with E-state index in [4.69, 9.17) is 4.74 Å². The maximum Gasteiger partial charge on any atom is 0.416 e. The second-order valence-electron chi connectivity index (χ2n) is 7.89. The van der Waals surface area contributed by atoms with Gasteiger partial charge in [0.25, 0.3) is 0 Å². The fourth-order valence-corrected chi connectivity index (χ4v) is 3.93. The van der Waals surface area contributed by atoms with E-state index in [1.54, 1.807) is 6.92 Å². The van der Waals surface area contributed by atoms with E-state index in [2.05, 4.69) is 4.90 Å². The van der Waals surface area contributed by atoms with Crippen LogP contribution in [-0.2, 0) is 22.3 Å². The first-order chi connectivity index (χ1) is 15.8. The minimum absolute atomic E-state index is 0.0310. The van der Waals surface area contributed by atoms with E-state index in [-0.39, 0.29) is 25.0 Å². The van der Waals surface area contributed by atoms with E-state index < -0.39 is 17.8 Å². The number of carbonyl (C=O) groups excluding carboxylic acids is 1. The summed E-state index contributed by atoms with van der Waals surface area (Å²) in [6.45, 7) is 4.54. The number of rotatable bonds is 9. The van der Waals surface area contributed by atoms with E-state index in [9.17, 15) is 18.0 Å². The molecule has 174 valence electrons. The van der Waals surface area contributed by atoms with Crippen molar-refractivity contribution in [3.8, 4) is 0 Å². The molecule has 0 heterocycles. The number of halogens is 3. The molecule has 3 aromatic rings. The first-order valence-electron chi connectivity index (χ1n) is 11.0. The van der Waals surface area contributed by atoms with E-state index in [0.717, 1.165) is 23.3 Å². The predicted octanol–water partition coefficient (Wildman–Crippen LogP) is 6.96. The Morgan fingerprint density at radius 2 is 1.45 bits per heavy atom. The summed E-state index contributed by atoms with van der Waals surface area (Å²) in [5.41, 5.74) is 2.01. The van der Waals surface area contributed by atoms with Gasteiger partial charge in [0.15, 0.2) is 0 Å². The highest BCUT2D eigenvalue weighted by Gasteiger charge is 2.32. The maximum absolute atomic E-state index is 13.1. The molecule has 0 saturated heterocycles. The fourth-order valence-electron chi connectivity index (χ4n) is 3.93. The number of hydrogen-bond donors (Lipinski definition) is 0. The molecule has 0 aromatic heterocycles. The van der Waals surface area contributed by atoms with Gasteiger partial charge in [0.2, 0.25) is 0 Å². The predicted molar refractivity (Wildman–Crippen MR) is 122 cm³/mol. The molecule has 0 unspecified atom stereocenters. The summed E-state index contributed by atoms with van der Waals surface area (Å²) in [5, 5.41) is 0. The zero-order chi connectivity index (χ0) is 23.8. The van der Waals surface area contributed by atoms with Crippen LogP contribution < -0.4 is 0 Å². The SMILES string of the molecule is CCOC(=O)C[C@@H](c1ccc(C(F)(F)F)cc1)N(Cc1ccccc1)[C@H](C)c1ccccc1. The van der Waals surface area contributed by atoms with Crippen LogP contribution in [0, 0.1) is 0 Å². The summed E-state index contributed by atoms with van der Waals surface area (Å²) in [6.07, 6.45) is -4.39. The van der Waals surface area contributed by atoms with Gasteiger partial charge in [-0.05, 0) is 42.7 Å². The van der Waals surface area contributed by atoms with Crippen molar-refractivity contribution in [3.63, 3.8) is 0 Å². The van der Waals surface area contributed by atoms with Crippen molar-refractivity contribution in [3.05, 3.63) is 107 Å². The normalized spacial score (nSPS) is 13.5. The van der Waals surface area contributed by atoms with Crippen LogP contribution in [0.3, 0.4) is 0 Å². The molecule has 0 amide bonds. The molecule has 0 fully saturated rings. The highest BCUT2D eigenvalue weighted by atomic mass is 19.4. The van der Waals surface area contributed by atoms with Gasteiger partial charge in [0.1, 0.15) is 0 Å². The van der Waals surface area contributed by atoms with Gasteiger partial charge in [0, 0.05) is 18.6 Å². The van der Waals surface area contributed by atoms with E-state index in [0.29, 0.717) is 12.1 Å². The fraction of sp³-hybridized carbons (Fsp3) is 0.296. The van der Waals surface area contributed by atoms with E-state index in [1.165, 1.54) is 12.1 Å². The standard InChI is InChI=1S/C27H28F3NO2/c1-3-33-26(32)18-25(23-14-16-24(17-15-23)27(28,29)30)31(19-21-10-6-4-7-11-21)20(2)22-12-8-5-9-13-22/h4-17,20,25H,3,18-19H2,1-2H3/t20-,25+/m1/s1. The zero-order valence-corrected chi connectivity index (χ0v) is 18.8. The Morgan fingerprint density at radius 1 is 0.879 bits per heavy atom. The van der Waals surface area contributed by atoms with Crippen molar-refractivity contribution in [2.24, 2.45) is 0 Å². The Balaban J connectivity index is 2.04. The highest BCUT2D eigenvalue weighted by Crippen LogP contribution is 2.36. The van der Waals surface area contributed by atoms with Gasteiger partial charge in [-0.1, -0.05) is 72.8 Å². The van der Waals surface area contributed by atoms with Gasteiger partial charge in [-0.2, -0.15) is 13.2 Å². The van der Waals surface area contributed by atoms with Crippen molar-refractivity contribution in [2.45, 2.75) is 45.1 Å². The molecule has 3 aromatic carbocycles. The van der Waals surface area contributed by atoms with Gasteiger partial charge >= 0.3 is 12.1 Å². The Labute approximate surface area is 192 Å². The third-order valence-corrected chi connectivity index (χ3v) is 5.68. The van der Waals surface area contributed by atoms with Gasteiger partial charge in [0.05, 0.1) is 18.6 Å². The van der Waals surface area contributed by atoms with Gasteiger partial charge < -0.3 is 4.74 Å². The third kappa shape index (κ3) is 6.68. The Morgan fingerprint density at radius 3 is 2.00 bits per heavy atom. The molecule has 0 aliphatic carbocycles. The molecule has 3 rings (SSSR count). The van der Waals surface area contributed by atoms with Crippen LogP contribution in [0.15, 0.2) is 84.9 Å². The number of carbonyl (C=O) groups is 1. The van der Waals surface area contributed by atoms with Crippen LogP contribution in [0.25, 0.3) is 0 Å². The average molecular weight is 456 g/mol. The van der Waals surface area contributed by atoms with Gasteiger partial charge in [-0.15, -0.1) is 0 Å². The summed E-state index contributed by atoms with van der Waals surface area (Å²) in [6, 6.07) is 24.2. The van der Waals surface area contributed by atoms with Crippen LogP contribution in [0.2, 0.25) is 0 Å². The second kappa shape index (κ2) is 11.1. The monoisotopic (exact) mass is 455 g/mol. The molecular weight excluding hydrogens is 427 g/mol. The quantitative estimate of drug-likeness (QED) is 0.327. The Hall–Kier alpha value is -3.12. The molecular formula is C27H28F3NO2.